The van der Waals surface area contributed by atoms with Crippen LogP contribution in [0.3, 0.4) is 0 Å². The lowest BCUT2D eigenvalue weighted by atomic mass is 10.1. The summed E-state index contributed by atoms with van der Waals surface area (Å²) < 4.78 is 43.9. The molecule has 14 heteroatoms. The molecule has 222 valence electrons. The summed E-state index contributed by atoms with van der Waals surface area (Å²) in [4.78, 5) is 26.9. The number of anilines is 2. The lowest BCUT2D eigenvalue weighted by Crippen LogP contribution is -2.37. The molecule has 4 rings (SSSR count). The van der Waals surface area contributed by atoms with Gasteiger partial charge in [-0.15, -0.1) is 0 Å². The first-order valence-electron chi connectivity index (χ1n) is 13.7. The summed E-state index contributed by atoms with van der Waals surface area (Å²) in [5.41, 5.74) is 2.22. The highest BCUT2D eigenvalue weighted by Gasteiger charge is 2.27. The second-order valence-electron chi connectivity index (χ2n) is 9.84. The van der Waals surface area contributed by atoms with Crippen LogP contribution in [-0.2, 0) is 22.4 Å². The molecule has 4 heterocycles. The molecule has 0 radical (unpaired) electrons. The van der Waals surface area contributed by atoms with Gasteiger partial charge in [-0.25, -0.2) is 24.4 Å². The Balaban J connectivity index is 1.30. The number of nitrogens with one attached hydrogen (secondary N) is 2. The topological polar surface area (TPSA) is 130 Å². The SMILES string of the molecule is O=C(O)C(CCN(CCCCc1ccc2c(n1)NCCC2)CCOCC(F)(F)F)Nc1cc(-n2cccn2)ncn1. The minimum Gasteiger partial charge on any atom is -0.480 e. The van der Waals surface area contributed by atoms with E-state index in [1.807, 2.05) is 11.0 Å². The van der Waals surface area contributed by atoms with Gasteiger partial charge in [-0.3, -0.25) is 0 Å². The summed E-state index contributed by atoms with van der Waals surface area (Å²) in [6, 6.07) is 6.52. The van der Waals surface area contributed by atoms with Crippen LogP contribution >= 0.6 is 0 Å². The van der Waals surface area contributed by atoms with E-state index in [-0.39, 0.29) is 19.6 Å². The Kier molecular flexibility index (Phi) is 10.8. The van der Waals surface area contributed by atoms with Crippen LogP contribution in [0.1, 0.15) is 36.9 Å². The molecule has 0 bridgehead atoms. The van der Waals surface area contributed by atoms with Gasteiger partial charge in [-0.2, -0.15) is 18.3 Å². The molecule has 0 aliphatic carbocycles. The van der Waals surface area contributed by atoms with Gasteiger partial charge in [0.25, 0.3) is 0 Å². The Morgan fingerprint density at radius 1 is 1.22 bits per heavy atom. The van der Waals surface area contributed by atoms with Crippen molar-refractivity contribution in [1.82, 2.24) is 29.6 Å². The summed E-state index contributed by atoms with van der Waals surface area (Å²) >= 11 is 0. The van der Waals surface area contributed by atoms with Gasteiger partial charge in [0, 0.05) is 43.8 Å². The maximum absolute atomic E-state index is 12.5. The second-order valence-corrected chi connectivity index (χ2v) is 9.84. The maximum Gasteiger partial charge on any atom is 0.411 e. The van der Waals surface area contributed by atoms with E-state index in [0.717, 1.165) is 50.2 Å². The van der Waals surface area contributed by atoms with Crippen LogP contribution in [0.25, 0.3) is 5.82 Å². The van der Waals surface area contributed by atoms with Crippen molar-refractivity contribution < 1.29 is 27.8 Å². The molecule has 1 unspecified atom stereocenters. The predicted octanol–water partition coefficient (Wildman–Crippen LogP) is 3.57. The van der Waals surface area contributed by atoms with Crippen LogP contribution in [0.15, 0.2) is 43.0 Å². The summed E-state index contributed by atoms with van der Waals surface area (Å²) in [6.07, 6.45) is 4.94. The number of alkyl halides is 3. The van der Waals surface area contributed by atoms with Crippen LogP contribution < -0.4 is 10.6 Å². The molecule has 0 saturated heterocycles. The molecule has 3 N–H and O–H groups in total. The number of nitrogens with zero attached hydrogens (tertiary/aromatic N) is 6. The van der Waals surface area contributed by atoms with E-state index in [1.54, 1.807) is 24.5 Å². The maximum atomic E-state index is 12.5. The zero-order chi connectivity index (χ0) is 29.1. The summed E-state index contributed by atoms with van der Waals surface area (Å²) in [5, 5.41) is 20.2. The molecule has 3 aromatic rings. The molecule has 0 fully saturated rings. The Morgan fingerprint density at radius 2 is 2.10 bits per heavy atom. The Labute approximate surface area is 236 Å². The molecule has 0 amide bonds. The van der Waals surface area contributed by atoms with Crippen molar-refractivity contribution in [3.8, 4) is 5.82 Å². The molecule has 0 spiro atoms. The van der Waals surface area contributed by atoms with Crippen LogP contribution in [0, 0.1) is 0 Å². The standard InChI is InChI=1S/C27H35F3N8O3/c28-27(29,30)18-41-16-15-37(12-2-1-6-21-8-7-20-5-3-10-31-25(20)35-21)14-9-22(26(39)40)36-23-17-24(33-19-32-23)38-13-4-11-34-38/h4,7-8,11,13,17,19,22H,1-3,5-6,9-10,12,14-16,18H2,(H,31,35)(H,39,40)(H,32,33,36). The number of carboxylic acid groups (broad SMARTS) is 1. The molecule has 11 nitrogen and oxygen atoms in total. The van der Waals surface area contributed by atoms with Gasteiger partial charge in [-0.05, 0) is 62.8 Å². The molecule has 0 aromatic carbocycles. The predicted molar refractivity (Wildman–Crippen MR) is 146 cm³/mol. The van der Waals surface area contributed by atoms with Gasteiger partial charge >= 0.3 is 12.1 Å². The third-order valence-corrected chi connectivity index (χ3v) is 6.67. The molecule has 3 aromatic heterocycles. The molecule has 1 aliphatic heterocycles. The Morgan fingerprint density at radius 3 is 2.88 bits per heavy atom. The molecule has 41 heavy (non-hydrogen) atoms. The van der Waals surface area contributed by atoms with Gasteiger partial charge in [-0.1, -0.05) is 6.07 Å². The third kappa shape index (κ3) is 9.97. The van der Waals surface area contributed by atoms with Crippen molar-refractivity contribution >= 4 is 17.6 Å². The fourth-order valence-electron chi connectivity index (χ4n) is 4.57. The van der Waals surface area contributed by atoms with Gasteiger partial charge in [0.1, 0.15) is 30.6 Å². The Bertz CT molecular complexity index is 1240. The highest BCUT2D eigenvalue weighted by atomic mass is 19.4. The fourth-order valence-corrected chi connectivity index (χ4v) is 4.57. The van der Waals surface area contributed by atoms with Gasteiger partial charge in [0.2, 0.25) is 0 Å². The normalized spacial score (nSPS) is 14.0. The van der Waals surface area contributed by atoms with E-state index in [1.165, 1.54) is 16.6 Å². The number of hydrogen-bond donors (Lipinski definition) is 3. The van der Waals surface area contributed by atoms with E-state index in [4.69, 9.17) is 9.72 Å². The van der Waals surface area contributed by atoms with Crippen molar-refractivity contribution in [2.45, 2.75) is 50.7 Å². The van der Waals surface area contributed by atoms with Crippen molar-refractivity contribution in [3.05, 3.63) is 54.2 Å². The zero-order valence-corrected chi connectivity index (χ0v) is 22.7. The van der Waals surface area contributed by atoms with Crippen molar-refractivity contribution in [3.63, 3.8) is 0 Å². The number of aliphatic carboxylic acids is 1. The van der Waals surface area contributed by atoms with Crippen LogP contribution in [0.2, 0.25) is 0 Å². The average molecular weight is 577 g/mol. The molecule has 1 atom stereocenters. The number of fused-ring (bicyclic) bond motifs is 1. The number of ether oxygens (including phenoxy) is 1. The van der Waals surface area contributed by atoms with E-state index in [9.17, 15) is 23.1 Å². The van der Waals surface area contributed by atoms with E-state index < -0.39 is 24.8 Å². The molecular formula is C27H35F3N8O3. The third-order valence-electron chi connectivity index (χ3n) is 6.67. The number of aryl methyl sites for hydroxylation is 2. The monoisotopic (exact) mass is 576 g/mol. The number of unbranched alkanes of at least 4 members (excludes halogenated alkanes) is 1. The van der Waals surface area contributed by atoms with Crippen molar-refractivity contribution in [2.24, 2.45) is 0 Å². The van der Waals surface area contributed by atoms with Crippen LogP contribution in [-0.4, -0.2) is 92.3 Å². The molecular weight excluding hydrogens is 541 g/mol. The van der Waals surface area contributed by atoms with E-state index >= 15 is 0 Å². The second kappa shape index (κ2) is 14.7. The number of hydrogen-bond acceptors (Lipinski definition) is 9. The van der Waals surface area contributed by atoms with Crippen molar-refractivity contribution in [1.29, 1.82) is 0 Å². The smallest absolute Gasteiger partial charge is 0.411 e. The molecule has 0 saturated carbocycles. The summed E-state index contributed by atoms with van der Waals surface area (Å²) in [6.45, 7) is 0.676. The first-order chi connectivity index (χ1) is 19.8. The number of aromatic nitrogens is 5. The van der Waals surface area contributed by atoms with Gasteiger partial charge in [0.15, 0.2) is 5.82 Å². The van der Waals surface area contributed by atoms with Crippen molar-refractivity contribution in [2.75, 3.05) is 50.0 Å². The van der Waals surface area contributed by atoms with E-state index in [2.05, 4.69) is 31.8 Å². The first-order valence-corrected chi connectivity index (χ1v) is 13.7. The Hall–Kier alpha value is -3.78. The number of halogens is 3. The lowest BCUT2D eigenvalue weighted by Gasteiger charge is -2.25. The quantitative estimate of drug-likeness (QED) is 0.218. The highest BCUT2D eigenvalue weighted by Crippen LogP contribution is 2.20. The van der Waals surface area contributed by atoms with Crippen LogP contribution in [0.4, 0.5) is 24.8 Å². The van der Waals surface area contributed by atoms with Gasteiger partial charge in [0.05, 0.1) is 6.61 Å². The minimum absolute atomic E-state index is 0.109. The highest BCUT2D eigenvalue weighted by molar-refractivity contribution is 5.76. The molecule has 1 aliphatic rings. The van der Waals surface area contributed by atoms with Crippen LogP contribution in [0.5, 0.6) is 0 Å². The summed E-state index contributed by atoms with van der Waals surface area (Å²) in [5.74, 6) is 0.684. The van der Waals surface area contributed by atoms with E-state index in [0.29, 0.717) is 24.7 Å². The fraction of sp³-hybridized carbons (Fsp3) is 0.519. The lowest BCUT2D eigenvalue weighted by molar-refractivity contribution is -0.174. The number of carboxylic acids is 1. The number of rotatable bonds is 16. The number of carbonyl (C=O) groups is 1. The largest absolute Gasteiger partial charge is 0.480 e. The first kappa shape index (κ1) is 30.2. The van der Waals surface area contributed by atoms with Gasteiger partial charge < -0.3 is 25.4 Å². The minimum atomic E-state index is -4.40. The summed E-state index contributed by atoms with van der Waals surface area (Å²) in [7, 11) is 0. The average Bonchev–Trinajstić information content (AvgIpc) is 3.50. The zero-order valence-electron chi connectivity index (χ0n) is 22.7. The number of pyridine rings is 1.